The molecule has 0 unspecified atom stereocenters. The highest BCUT2D eigenvalue weighted by Crippen LogP contribution is 2.26. The molecule has 0 aliphatic rings. The molecule has 0 amide bonds. The quantitative estimate of drug-likeness (QED) is 0.751. The summed E-state index contributed by atoms with van der Waals surface area (Å²) < 4.78 is 13.6. The predicted octanol–water partition coefficient (Wildman–Crippen LogP) is 4.38. The fraction of sp³-hybridized carbons (Fsp3) is 0.211. The molecule has 1 heterocycles. The van der Waals surface area contributed by atoms with Gasteiger partial charge in [0.15, 0.2) is 11.6 Å². The second-order valence-electron chi connectivity index (χ2n) is 5.66. The van der Waals surface area contributed by atoms with Gasteiger partial charge in [-0.15, -0.1) is 0 Å². The summed E-state index contributed by atoms with van der Waals surface area (Å²) >= 11 is 0. The van der Waals surface area contributed by atoms with Crippen LogP contribution in [-0.2, 0) is 6.42 Å². The van der Waals surface area contributed by atoms with Crippen molar-refractivity contribution in [3.05, 3.63) is 64.2 Å². The van der Waals surface area contributed by atoms with Crippen molar-refractivity contribution < 1.29 is 9.50 Å². The lowest BCUT2D eigenvalue weighted by molar-refractivity contribution is 0.432. The van der Waals surface area contributed by atoms with Gasteiger partial charge in [0.05, 0.1) is 0 Å². The minimum absolute atomic E-state index is 0.190. The van der Waals surface area contributed by atoms with Crippen molar-refractivity contribution in [3.63, 3.8) is 0 Å². The van der Waals surface area contributed by atoms with Crippen LogP contribution in [0, 0.1) is 5.82 Å². The van der Waals surface area contributed by atoms with E-state index in [0.717, 1.165) is 30.2 Å². The van der Waals surface area contributed by atoms with E-state index in [-0.39, 0.29) is 5.56 Å². The lowest BCUT2D eigenvalue weighted by Crippen LogP contribution is -2.08. The number of aromatic hydroxyl groups is 1. The van der Waals surface area contributed by atoms with E-state index in [2.05, 4.69) is 11.9 Å². The Kier molecular flexibility index (Phi) is 4.15. The normalized spacial score (nSPS) is 11.0. The Labute approximate surface area is 133 Å². The largest absolute Gasteiger partial charge is 0.505 e. The van der Waals surface area contributed by atoms with Crippen LogP contribution >= 0.6 is 0 Å². The van der Waals surface area contributed by atoms with Gasteiger partial charge in [0.2, 0.25) is 0 Å². The molecule has 0 bridgehead atoms. The lowest BCUT2D eigenvalue weighted by atomic mass is 9.99. The molecule has 1 aromatic heterocycles. The van der Waals surface area contributed by atoms with Gasteiger partial charge in [0, 0.05) is 16.6 Å². The number of phenolic OH excluding ortho intramolecular Hbond substituents is 1. The maximum Gasteiger partial charge on any atom is 0.256 e. The summed E-state index contributed by atoms with van der Waals surface area (Å²) in [7, 11) is 0. The fourth-order valence-electron chi connectivity index (χ4n) is 2.77. The maximum absolute atomic E-state index is 13.6. The van der Waals surface area contributed by atoms with Gasteiger partial charge in [-0.2, -0.15) is 0 Å². The number of hydrogen-bond donors (Lipinski definition) is 2. The Morgan fingerprint density at radius 3 is 2.70 bits per heavy atom. The van der Waals surface area contributed by atoms with Gasteiger partial charge in [-0.25, -0.2) is 4.39 Å². The standard InChI is InChI=1S/C19H18FNO2/c1-2-3-5-12-6-4-7-14-15(12)11-17(21-19(14)23)13-8-9-18(22)16(20)10-13/h4,6-11,22H,2-3,5H2,1H3,(H,21,23). The number of benzene rings is 2. The molecule has 0 aliphatic carbocycles. The van der Waals surface area contributed by atoms with E-state index < -0.39 is 11.6 Å². The van der Waals surface area contributed by atoms with Gasteiger partial charge in [-0.1, -0.05) is 25.5 Å². The van der Waals surface area contributed by atoms with Crippen LogP contribution < -0.4 is 5.56 Å². The van der Waals surface area contributed by atoms with E-state index in [1.807, 2.05) is 18.2 Å². The Bertz CT molecular complexity index is 915. The molecule has 0 radical (unpaired) electrons. The van der Waals surface area contributed by atoms with Crippen LogP contribution in [0.15, 0.2) is 47.3 Å². The zero-order valence-corrected chi connectivity index (χ0v) is 12.9. The SMILES string of the molecule is CCCCc1cccc2c(=O)[nH]c(-c3ccc(O)c(F)c3)cc12. The van der Waals surface area contributed by atoms with Crippen molar-refractivity contribution in [2.24, 2.45) is 0 Å². The smallest absolute Gasteiger partial charge is 0.256 e. The molecular weight excluding hydrogens is 293 g/mol. The van der Waals surface area contributed by atoms with Crippen LogP contribution in [0.3, 0.4) is 0 Å². The van der Waals surface area contributed by atoms with Gasteiger partial charge in [-0.05, 0) is 54.1 Å². The third-order valence-electron chi connectivity index (χ3n) is 4.04. The number of pyridine rings is 1. The van der Waals surface area contributed by atoms with Crippen molar-refractivity contribution in [1.29, 1.82) is 0 Å². The summed E-state index contributed by atoms with van der Waals surface area (Å²) in [5.74, 6) is -1.11. The Hall–Kier alpha value is -2.62. The van der Waals surface area contributed by atoms with Crippen LogP contribution in [0.1, 0.15) is 25.3 Å². The van der Waals surface area contributed by atoms with Crippen LogP contribution in [0.2, 0.25) is 0 Å². The van der Waals surface area contributed by atoms with Crippen LogP contribution in [0.25, 0.3) is 22.0 Å². The first kappa shape index (κ1) is 15.3. The molecule has 23 heavy (non-hydrogen) atoms. The molecule has 3 rings (SSSR count). The summed E-state index contributed by atoms with van der Waals surface area (Å²) in [6.45, 7) is 2.13. The van der Waals surface area contributed by atoms with E-state index in [0.29, 0.717) is 16.6 Å². The predicted molar refractivity (Wildman–Crippen MR) is 90.2 cm³/mol. The van der Waals surface area contributed by atoms with Crippen molar-refractivity contribution in [2.75, 3.05) is 0 Å². The number of hydrogen-bond acceptors (Lipinski definition) is 2. The van der Waals surface area contributed by atoms with Crippen LogP contribution in [-0.4, -0.2) is 10.1 Å². The first-order valence-electron chi connectivity index (χ1n) is 7.74. The topological polar surface area (TPSA) is 53.1 Å². The molecule has 3 aromatic rings. The number of fused-ring (bicyclic) bond motifs is 1. The molecule has 2 aromatic carbocycles. The highest BCUT2D eigenvalue weighted by Gasteiger charge is 2.09. The number of phenols is 1. The van der Waals surface area contributed by atoms with Gasteiger partial charge < -0.3 is 10.1 Å². The molecule has 0 atom stereocenters. The summed E-state index contributed by atoms with van der Waals surface area (Å²) in [6.07, 6.45) is 3.03. The van der Waals surface area contributed by atoms with Gasteiger partial charge in [0.25, 0.3) is 5.56 Å². The number of nitrogens with one attached hydrogen (secondary N) is 1. The van der Waals surface area contributed by atoms with E-state index in [4.69, 9.17) is 0 Å². The zero-order chi connectivity index (χ0) is 16.4. The van der Waals surface area contributed by atoms with Gasteiger partial charge in [0.1, 0.15) is 0 Å². The lowest BCUT2D eigenvalue weighted by Gasteiger charge is -2.09. The average Bonchev–Trinajstić information content (AvgIpc) is 2.55. The van der Waals surface area contributed by atoms with Crippen molar-refractivity contribution in [2.45, 2.75) is 26.2 Å². The second-order valence-corrected chi connectivity index (χ2v) is 5.66. The fourth-order valence-corrected chi connectivity index (χ4v) is 2.77. The van der Waals surface area contributed by atoms with E-state index in [1.165, 1.54) is 12.1 Å². The van der Waals surface area contributed by atoms with E-state index in [1.54, 1.807) is 12.1 Å². The highest BCUT2D eigenvalue weighted by molar-refractivity contribution is 5.88. The number of aromatic nitrogens is 1. The molecule has 0 aliphatic heterocycles. The number of halogens is 1. The molecule has 0 saturated heterocycles. The molecule has 0 saturated carbocycles. The van der Waals surface area contributed by atoms with Crippen molar-refractivity contribution in [3.8, 4) is 17.0 Å². The maximum atomic E-state index is 13.6. The first-order valence-corrected chi connectivity index (χ1v) is 7.74. The molecular formula is C19H18FNO2. The molecule has 2 N–H and O–H groups in total. The average molecular weight is 311 g/mol. The van der Waals surface area contributed by atoms with E-state index >= 15 is 0 Å². The number of unbranched alkanes of at least 4 members (excludes halogenated alkanes) is 1. The third-order valence-corrected chi connectivity index (χ3v) is 4.04. The van der Waals surface area contributed by atoms with Crippen LogP contribution in [0.5, 0.6) is 5.75 Å². The van der Waals surface area contributed by atoms with Gasteiger partial charge in [-0.3, -0.25) is 4.79 Å². The van der Waals surface area contributed by atoms with Crippen molar-refractivity contribution >= 4 is 10.8 Å². The van der Waals surface area contributed by atoms with Crippen LogP contribution in [0.4, 0.5) is 4.39 Å². The number of rotatable bonds is 4. The summed E-state index contributed by atoms with van der Waals surface area (Å²) in [6, 6.07) is 11.7. The van der Waals surface area contributed by atoms with Crippen molar-refractivity contribution in [1.82, 2.24) is 4.98 Å². The molecule has 0 spiro atoms. The molecule has 4 heteroatoms. The van der Waals surface area contributed by atoms with Gasteiger partial charge >= 0.3 is 0 Å². The summed E-state index contributed by atoms with van der Waals surface area (Å²) in [5.41, 5.74) is 2.01. The minimum atomic E-state index is -0.706. The summed E-state index contributed by atoms with van der Waals surface area (Å²) in [4.78, 5) is 15.1. The molecule has 118 valence electrons. The van der Waals surface area contributed by atoms with E-state index in [9.17, 15) is 14.3 Å². The third kappa shape index (κ3) is 2.97. The first-order chi connectivity index (χ1) is 11.1. The monoisotopic (exact) mass is 311 g/mol. The Morgan fingerprint density at radius 2 is 1.96 bits per heavy atom. The highest BCUT2D eigenvalue weighted by atomic mass is 19.1. The zero-order valence-electron chi connectivity index (χ0n) is 12.9. The second kappa shape index (κ2) is 6.24. The summed E-state index contributed by atoms with van der Waals surface area (Å²) in [5, 5.41) is 10.8. The number of H-pyrrole nitrogens is 1. The number of aromatic amines is 1. The number of aryl methyl sites for hydroxylation is 1. The Morgan fingerprint density at radius 1 is 1.13 bits per heavy atom. The molecule has 0 fully saturated rings. The molecule has 3 nitrogen and oxygen atoms in total. The minimum Gasteiger partial charge on any atom is -0.505 e. The Balaban J connectivity index is 2.19.